The second-order valence-corrected chi connectivity index (χ2v) is 4.44. The first-order valence-corrected chi connectivity index (χ1v) is 5.47. The molecular formula is C11H14N2O2. The fourth-order valence-electron chi connectivity index (χ4n) is 2.01. The summed E-state index contributed by atoms with van der Waals surface area (Å²) in [6.45, 7) is 0. The number of carbonyl (C=O) groups excluding carboxylic acids is 1. The van der Waals surface area contributed by atoms with E-state index in [1.807, 2.05) is 0 Å². The van der Waals surface area contributed by atoms with Crippen molar-refractivity contribution in [3.05, 3.63) is 17.0 Å². The number of nitrogens with zero attached hydrogens (tertiary/aromatic N) is 1. The number of esters is 1. The molecule has 2 aliphatic rings. The zero-order valence-corrected chi connectivity index (χ0v) is 8.75. The lowest BCUT2D eigenvalue weighted by Gasteiger charge is -2.01. The van der Waals surface area contributed by atoms with Gasteiger partial charge in [0.1, 0.15) is 5.56 Å². The van der Waals surface area contributed by atoms with Crippen molar-refractivity contribution < 1.29 is 9.53 Å². The van der Waals surface area contributed by atoms with Crippen LogP contribution in [-0.4, -0.2) is 23.3 Å². The summed E-state index contributed by atoms with van der Waals surface area (Å²) in [6.07, 6.45) is 4.63. The maximum Gasteiger partial charge on any atom is 0.341 e. The Morgan fingerprint density at radius 3 is 2.53 bits per heavy atom. The lowest BCUT2D eigenvalue weighted by molar-refractivity contribution is 0.0598. The van der Waals surface area contributed by atoms with E-state index in [-0.39, 0.29) is 5.97 Å². The van der Waals surface area contributed by atoms with Crippen LogP contribution in [0.1, 0.15) is 59.3 Å². The van der Waals surface area contributed by atoms with Crippen molar-refractivity contribution in [3.63, 3.8) is 0 Å². The zero-order chi connectivity index (χ0) is 10.4. The molecule has 0 atom stereocenters. The van der Waals surface area contributed by atoms with E-state index in [4.69, 9.17) is 4.74 Å². The third-order valence-electron chi connectivity index (χ3n) is 3.16. The topological polar surface area (TPSA) is 55.0 Å². The fraction of sp³-hybridized carbons (Fsp3) is 0.636. The van der Waals surface area contributed by atoms with Crippen LogP contribution in [0, 0.1) is 0 Å². The van der Waals surface area contributed by atoms with E-state index in [2.05, 4.69) is 10.2 Å². The molecule has 0 bridgehead atoms. The molecule has 2 fully saturated rings. The standard InChI is InChI=1S/C11H14N2O2/c1-15-11(14)8-9(6-2-3-6)12-13-10(8)7-4-5-7/h6-7H,2-5H2,1H3,(H,12,13). The van der Waals surface area contributed by atoms with Gasteiger partial charge in [0.2, 0.25) is 0 Å². The molecule has 0 saturated heterocycles. The average molecular weight is 206 g/mol. The molecule has 1 aromatic heterocycles. The van der Waals surface area contributed by atoms with Crippen LogP contribution in [0.2, 0.25) is 0 Å². The van der Waals surface area contributed by atoms with Crippen LogP contribution in [0.25, 0.3) is 0 Å². The van der Waals surface area contributed by atoms with E-state index in [0.717, 1.165) is 42.6 Å². The summed E-state index contributed by atoms with van der Waals surface area (Å²) in [5, 5.41) is 7.30. The van der Waals surface area contributed by atoms with Gasteiger partial charge >= 0.3 is 5.97 Å². The third-order valence-corrected chi connectivity index (χ3v) is 3.16. The number of hydrogen-bond acceptors (Lipinski definition) is 3. The first-order valence-electron chi connectivity index (χ1n) is 5.47. The average Bonchev–Trinajstić information content (AvgIpc) is 3.15. The van der Waals surface area contributed by atoms with Crippen molar-refractivity contribution in [2.45, 2.75) is 37.5 Å². The van der Waals surface area contributed by atoms with Crippen LogP contribution in [0.3, 0.4) is 0 Å². The van der Waals surface area contributed by atoms with Crippen LogP contribution in [-0.2, 0) is 4.74 Å². The zero-order valence-electron chi connectivity index (χ0n) is 8.75. The normalized spacial score (nSPS) is 20.3. The summed E-state index contributed by atoms with van der Waals surface area (Å²) in [4.78, 5) is 11.7. The number of aromatic amines is 1. The van der Waals surface area contributed by atoms with Gasteiger partial charge in [-0.25, -0.2) is 4.79 Å². The first kappa shape index (κ1) is 8.95. The Morgan fingerprint density at radius 2 is 2.00 bits per heavy atom. The van der Waals surface area contributed by atoms with Gasteiger partial charge in [-0.1, -0.05) is 0 Å². The van der Waals surface area contributed by atoms with E-state index in [1.165, 1.54) is 7.11 Å². The van der Waals surface area contributed by atoms with E-state index in [1.54, 1.807) is 0 Å². The SMILES string of the molecule is COC(=O)c1c(C2CC2)n[nH]c1C1CC1. The lowest BCUT2D eigenvalue weighted by atomic mass is 10.1. The molecule has 1 aromatic rings. The number of methoxy groups -OCH3 is 1. The van der Waals surface area contributed by atoms with Crippen molar-refractivity contribution in [2.24, 2.45) is 0 Å². The molecule has 3 rings (SSSR count). The second kappa shape index (κ2) is 3.08. The summed E-state index contributed by atoms with van der Waals surface area (Å²) in [5.41, 5.74) is 2.66. The van der Waals surface area contributed by atoms with Gasteiger partial charge in [0.25, 0.3) is 0 Å². The second-order valence-electron chi connectivity index (χ2n) is 4.44. The Morgan fingerprint density at radius 1 is 1.33 bits per heavy atom. The summed E-state index contributed by atoms with van der Waals surface area (Å²) in [6, 6.07) is 0. The predicted octanol–water partition coefficient (Wildman–Crippen LogP) is 1.95. The minimum Gasteiger partial charge on any atom is -0.465 e. The number of aromatic nitrogens is 2. The summed E-state index contributed by atoms with van der Waals surface area (Å²) in [5.74, 6) is 0.773. The number of hydrogen-bond donors (Lipinski definition) is 1. The molecular weight excluding hydrogens is 192 g/mol. The van der Waals surface area contributed by atoms with Gasteiger partial charge in [-0.15, -0.1) is 0 Å². The molecule has 0 radical (unpaired) electrons. The maximum atomic E-state index is 11.7. The minimum absolute atomic E-state index is 0.229. The highest BCUT2D eigenvalue weighted by Crippen LogP contribution is 2.46. The number of H-pyrrole nitrogens is 1. The highest BCUT2D eigenvalue weighted by molar-refractivity contribution is 5.92. The molecule has 0 aromatic carbocycles. The quantitative estimate of drug-likeness (QED) is 0.769. The number of rotatable bonds is 3. The fourth-order valence-corrected chi connectivity index (χ4v) is 2.01. The Labute approximate surface area is 88.0 Å². The molecule has 15 heavy (non-hydrogen) atoms. The first-order chi connectivity index (χ1) is 7.31. The molecule has 0 aliphatic heterocycles. The van der Waals surface area contributed by atoms with Gasteiger partial charge in [0.05, 0.1) is 18.5 Å². The number of nitrogens with one attached hydrogen (secondary N) is 1. The molecule has 4 heteroatoms. The molecule has 1 N–H and O–H groups in total. The van der Waals surface area contributed by atoms with Crippen molar-refractivity contribution in [1.82, 2.24) is 10.2 Å². The van der Waals surface area contributed by atoms with Crippen LogP contribution in [0.4, 0.5) is 0 Å². The molecule has 2 saturated carbocycles. The Hall–Kier alpha value is -1.32. The smallest absolute Gasteiger partial charge is 0.341 e. The van der Waals surface area contributed by atoms with Gasteiger partial charge in [-0.2, -0.15) is 5.10 Å². The van der Waals surface area contributed by atoms with Crippen molar-refractivity contribution in [2.75, 3.05) is 7.11 Å². The Bertz CT molecular complexity index is 373. The number of carbonyl (C=O) groups is 1. The highest BCUT2D eigenvalue weighted by Gasteiger charge is 2.37. The summed E-state index contributed by atoms with van der Waals surface area (Å²) in [7, 11) is 1.43. The van der Waals surface area contributed by atoms with E-state index >= 15 is 0 Å². The van der Waals surface area contributed by atoms with Crippen molar-refractivity contribution in [1.29, 1.82) is 0 Å². The van der Waals surface area contributed by atoms with Gasteiger partial charge in [0.15, 0.2) is 0 Å². The lowest BCUT2D eigenvalue weighted by Crippen LogP contribution is -2.06. The highest BCUT2D eigenvalue weighted by atomic mass is 16.5. The van der Waals surface area contributed by atoms with Crippen molar-refractivity contribution in [3.8, 4) is 0 Å². The van der Waals surface area contributed by atoms with E-state index in [0.29, 0.717) is 11.8 Å². The van der Waals surface area contributed by atoms with Crippen LogP contribution >= 0.6 is 0 Å². The molecule has 4 nitrogen and oxygen atoms in total. The Balaban J connectivity index is 2.03. The number of ether oxygens (including phenoxy) is 1. The van der Waals surface area contributed by atoms with Crippen LogP contribution in [0.15, 0.2) is 0 Å². The van der Waals surface area contributed by atoms with Gasteiger partial charge in [0, 0.05) is 11.8 Å². The van der Waals surface area contributed by atoms with Crippen molar-refractivity contribution >= 4 is 5.97 Å². The maximum absolute atomic E-state index is 11.7. The van der Waals surface area contributed by atoms with Gasteiger partial charge in [-0.3, -0.25) is 5.10 Å². The van der Waals surface area contributed by atoms with Crippen LogP contribution < -0.4 is 0 Å². The Kier molecular flexibility index (Phi) is 1.84. The molecule has 80 valence electrons. The molecule has 0 spiro atoms. The van der Waals surface area contributed by atoms with Crippen LogP contribution in [0.5, 0.6) is 0 Å². The molecule has 0 amide bonds. The van der Waals surface area contributed by atoms with E-state index in [9.17, 15) is 4.79 Å². The van der Waals surface area contributed by atoms with Gasteiger partial charge in [-0.05, 0) is 25.7 Å². The van der Waals surface area contributed by atoms with E-state index < -0.39 is 0 Å². The monoisotopic (exact) mass is 206 g/mol. The summed E-state index contributed by atoms with van der Waals surface area (Å²) < 4.78 is 4.83. The van der Waals surface area contributed by atoms with Gasteiger partial charge < -0.3 is 4.74 Å². The molecule has 1 heterocycles. The molecule has 0 unspecified atom stereocenters. The third kappa shape index (κ3) is 1.44. The summed E-state index contributed by atoms with van der Waals surface area (Å²) >= 11 is 0. The predicted molar refractivity (Wildman–Crippen MR) is 53.9 cm³/mol. The molecule has 2 aliphatic carbocycles. The largest absolute Gasteiger partial charge is 0.465 e. The minimum atomic E-state index is -0.229.